The van der Waals surface area contributed by atoms with Crippen LogP contribution in [0.3, 0.4) is 0 Å². The number of aliphatic imine (C=N–C) groups is 1. The fourth-order valence-corrected chi connectivity index (χ4v) is 3.88. The lowest BCUT2D eigenvalue weighted by molar-refractivity contribution is -0.188. The third kappa shape index (κ3) is 2.24. The summed E-state index contributed by atoms with van der Waals surface area (Å²) in [5.41, 5.74) is 0.211. The van der Waals surface area contributed by atoms with Gasteiger partial charge in [-0.1, -0.05) is 13.8 Å². The van der Waals surface area contributed by atoms with Gasteiger partial charge in [0.15, 0.2) is 5.96 Å². The molecule has 3 aliphatic rings. The summed E-state index contributed by atoms with van der Waals surface area (Å²) in [7, 11) is 1.87. The molecule has 0 aromatic rings. The van der Waals surface area contributed by atoms with Gasteiger partial charge >= 0.3 is 0 Å². The number of nitrogens with one attached hydrogen (secondary N) is 2. The van der Waals surface area contributed by atoms with E-state index in [1.54, 1.807) is 0 Å². The standard InChI is InChI=1S/C15H27N3O/c1-15(2)12(11-8-5-9-19-13(11)15)18-14(16-3)17-10-6-4-7-10/h10-13H,4-9H2,1-3H3,(H2,16,17,18). The zero-order valence-electron chi connectivity index (χ0n) is 12.4. The maximum atomic E-state index is 5.95. The summed E-state index contributed by atoms with van der Waals surface area (Å²) in [5, 5.41) is 7.18. The van der Waals surface area contributed by atoms with Crippen molar-refractivity contribution in [1.29, 1.82) is 0 Å². The molecule has 0 bridgehead atoms. The first-order valence-electron chi connectivity index (χ1n) is 7.74. The molecule has 0 amide bonds. The van der Waals surface area contributed by atoms with Gasteiger partial charge in [0, 0.05) is 37.1 Å². The molecule has 19 heavy (non-hydrogen) atoms. The number of hydrogen-bond acceptors (Lipinski definition) is 2. The molecule has 1 heterocycles. The third-order valence-corrected chi connectivity index (χ3v) is 5.29. The van der Waals surface area contributed by atoms with Gasteiger partial charge in [-0.15, -0.1) is 0 Å². The fourth-order valence-electron chi connectivity index (χ4n) is 3.88. The van der Waals surface area contributed by atoms with Crippen LogP contribution in [0.4, 0.5) is 0 Å². The summed E-state index contributed by atoms with van der Waals surface area (Å²) in [6.07, 6.45) is 6.83. The van der Waals surface area contributed by atoms with Crippen LogP contribution in [0.1, 0.15) is 46.0 Å². The Labute approximate surface area is 116 Å². The monoisotopic (exact) mass is 265 g/mol. The average molecular weight is 265 g/mol. The molecule has 0 spiro atoms. The Kier molecular flexibility index (Phi) is 3.46. The highest BCUT2D eigenvalue weighted by Crippen LogP contribution is 2.51. The molecule has 3 unspecified atom stereocenters. The topological polar surface area (TPSA) is 45.7 Å². The van der Waals surface area contributed by atoms with Crippen molar-refractivity contribution in [3.63, 3.8) is 0 Å². The average Bonchev–Trinajstić information content (AvgIpc) is 2.37. The van der Waals surface area contributed by atoms with Crippen LogP contribution in [0, 0.1) is 11.3 Å². The second-order valence-corrected chi connectivity index (χ2v) is 6.89. The maximum absolute atomic E-state index is 5.95. The van der Waals surface area contributed by atoms with Crippen LogP contribution in [0.2, 0.25) is 0 Å². The number of ether oxygens (including phenoxy) is 1. The van der Waals surface area contributed by atoms with Gasteiger partial charge in [-0.3, -0.25) is 4.99 Å². The first kappa shape index (κ1) is 13.2. The lowest BCUT2D eigenvalue weighted by atomic mass is 9.55. The molecule has 108 valence electrons. The summed E-state index contributed by atoms with van der Waals surface area (Å²) in [6.45, 7) is 5.56. The Morgan fingerprint density at radius 3 is 2.58 bits per heavy atom. The summed E-state index contributed by atoms with van der Waals surface area (Å²) in [5.74, 6) is 1.63. The number of hydrogen-bond donors (Lipinski definition) is 2. The van der Waals surface area contributed by atoms with E-state index in [2.05, 4.69) is 29.5 Å². The molecule has 4 nitrogen and oxygen atoms in total. The zero-order chi connectivity index (χ0) is 13.5. The minimum absolute atomic E-state index is 0.211. The molecule has 1 aliphatic heterocycles. The van der Waals surface area contributed by atoms with E-state index in [0.717, 1.165) is 12.6 Å². The molecule has 3 rings (SSSR count). The van der Waals surface area contributed by atoms with Gasteiger partial charge in [0.2, 0.25) is 0 Å². The van der Waals surface area contributed by atoms with Crippen molar-refractivity contribution in [2.75, 3.05) is 13.7 Å². The Morgan fingerprint density at radius 1 is 1.16 bits per heavy atom. The number of rotatable bonds is 2. The first-order chi connectivity index (χ1) is 9.13. The minimum Gasteiger partial charge on any atom is -0.377 e. The Hall–Kier alpha value is -0.770. The normalized spacial score (nSPS) is 37.8. The van der Waals surface area contributed by atoms with Gasteiger partial charge in [-0.25, -0.2) is 0 Å². The quantitative estimate of drug-likeness (QED) is 0.592. The van der Waals surface area contributed by atoms with Gasteiger partial charge in [0.05, 0.1) is 6.10 Å². The summed E-state index contributed by atoms with van der Waals surface area (Å²) >= 11 is 0. The van der Waals surface area contributed by atoms with Crippen molar-refractivity contribution in [1.82, 2.24) is 10.6 Å². The molecule has 4 heteroatoms. The van der Waals surface area contributed by atoms with E-state index >= 15 is 0 Å². The number of fused-ring (bicyclic) bond motifs is 1. The summed E-state index contributed by atoms with van der Waals surface area (Å²) < 4.78 is 5.95. The predicted octanol–water partition coefficient (Wildman–Crippen LogP) is 1.91. The highest BCUT2D eigenvalue weighted by Gasteiger charge is 2.58. The van der Waals surface area contributed by atoms with Crippen molar-refractivity contribution < 1.29 is 4.74 Å². The van der Waals surface area contributed by atoms with Gasteiger partial charge < -0.3 is 15.4 Å². The molecule has 0 aromatic carbocycles. The van der Waals surface area contributed by atoms with Crippen molar-refractivity contribution >= 4 is 5.96 Å². The number of guanidine groups is 1. The fraction of sp³-hybridized carbons (Fsp3) is 0.933. The van der Waals surface area contributed by atoms with E-state index in [0.29, 0.717) is 24.1 Å². The van der Waals surface area contributed by atoms with Crippen LogP contribution in [-0.4, -0.2) is 37.8 Å². The third-order valence-electron chi connectivity index (χ3n) is 5.29. The van der Waals surface area contributed by atoms with Crippen LogP contribution >= 0.6 is 0 Å². The molecule has 2 aliphatic carbocycles. The number of nitrogens with zero attached hydrogens (tertiary/aromatic N) is 1. The molecule has 1 saturated heterocycles. The molecule has 2 saturated carbocycles. The van der Waals surface area contributed by atoms with E-state index in [4.69, 9.17) is 4.74 Å². The molecule has 0 aromatic heterocycles. The lowest BCUT2D eigenvalue weighted by Gasteiger charge is -2.60. The predicted molar refractivity (Wildman–Crippen MR) is 77.3 cm³/mol. The highest BCUT2D eigenvalue weighted by molar-refractivity contribution is 5.80. The van der Waals surface area contributed by atoms with E-state index in [1.807, 2.05) is 7.05 Å². The van der Waals surface area contributed by atoms with Crippen molar-refractivity contribution in [2.45, 2.75) is 64.1 Å². The van der Waals surface area contributed by atoms with Crippen molar-refractivity contribution in [3.05, 3.63) is 0 Å². The lowest BCUT2D eigenvalue weighted by Crippen LogP contribution is -2.71. The largest absolute Gasteiger partial charge is 0.377 e. The van der Waals surface area contributed by atoms with Crippen LogP contribution < -0.4 is 10.6 Å². The molecule has 3 fully saturated rings. The zero-order valence-corrected chi connectivity index (χ0v) is 12.4. The summed E-state index contributed by atoms with van der Waals surface area (Å²) in [4.78, 5) is 4.39. The molecule has 0 radical (unpaired) electrons. The molecule has 2 N–H and O–H groups in total. The van der Waals surface area contributed by atoms with Crippen molar-refractivity contribution in [2.24, 2.45) is 16.3 Å². The Bertz CT molecular complexity index is 362. The maximum Gasteiger partial charge on any atom is 0.191 e. The summed E-state index contributed by atoms with van der Waals surface area (Å²) in [6, 6.07) is 1.12. The van der Waals surface area contributed by atoms with Crippen LogP contribution in [0.5, 0.6) is 0 Å². The van der Waals surface area contributed by atoms with Gasteiger partial charge in [-0.05, 0) is 32.1 Å². The van der Waals surface area contributed by atoms with E-state index in [-0.39, 0.29) is 5.41 Å². The SMILES string of the molecule is CN=C(NC1CCC1)NC1C2CCCOC2C1(C)C. The smallest absolute Gasteiger partial charge is 0.191 e. The molecule has 3 atom stereocenters. The minimum atomic E-state index is 0.211. The molecular formula is C15H27N3O. The van der Waals surface area contributed by atoms with Crippen LogP contribution in [0.15, 0.2) is 4.99 Å². The Balaban J connectivity index is 1.61. The van der Waals surface area contributed by atoms with Gasteiger partial charge in [0.1, 0.15) is 0 Å². The highest BCUT2D eigenvalue weighted by atomic mass is 16.5. The first-order valence-corrected chi connectivity index (χ1v) is 7.74. The Morgan fingerprint density at radius 2 is 1.95 bits per heavy atom. The van der Waals surface area contributed by atoms with Gasteiger partial charge in [0.25, 0.3) is 0 Å². The van der Waals surface area contributed by atoms with E-state index in [1.165, 1.54) is 32.1 Å². The van der Waals surface area contributed by atoms with Gasteiger partial charge in [-0.2, -0.15) is 0 Å². The molecular weight excluding hydrogens is 238 g/mol. The van der Waals surface area contributed by atoms with E-state index < -0.39 is 0 Å². The van der Waals surface area contributed by atoms with Crippen LogP contribution in [-0.2, 0) is 4.74 Å². The second-order valence-electron chi connectivity index (χ2n) is 6.89. The second kappa shape index (κ2) is 4.97. The van der Waals surface area contributed by atoms with Crippen LogP contribution in [0.25, 0.3) is 0 Å². The van der Waals surface area contributed by atoms with Crippen molar-refractivity contribution in [3.8, 4) is 0 Å². The van der Waals surface area contributed by atoms with E-state index in [9.17, 15) is 0 Å².